The van der Waals surface area contributed by atoms with E-state index in [0.717, 1.165) is 28.9 Å². The zero-order valence-corrected chi connectivity index (χ0v) is 21.0. The highest BCUT2D eigenvalue weighted by atomic mass is 16.5. The van der Waals surface area contributed by atoms with Gasteiger partial charge in [-0.25, -0.2) is 14.5 Å². The molecule has 188 valence electrons. The normalized spacial score (nSPS) is 11.1. The maximum atomic E-state index is 12.7. The van der Waals surface area contributed by atoms with Gasteiger partial charge in [-0.15, -0.1) is 0 Å². The second-order valence-electron chi connectivity index (χ2n) is 8.12. The average Bonchev–Trinajstić information content (AvgIpc) is 3.28. The third kappa shape index (κ3) is 6.64. The van der Waals surface area contributed by atoms with Crippen molar-refractivity contribution >= 4 is 29.9 Å². The molecule has 0 bridgehead atoms. The van der Waals surface area contributed by atoms with Crippen LogP contribution in [-0.4, -0.2) is 29.3 Å². The molecule has 8 nitrogen and oxygen atoms in total. The predicted octanol–water partition coefficient (Wildman–Crippen LogP) is 6.82. The fourth-order valence-electron chi connectivity index (χ4n) is 3.70. The Balaban J connectivity index is 1.48. The summed E-state index contributed by atoms with van der Waals surface area (Å²) in [7, 11) is 1.54. The zero-order chi connectivity index (χ0) is 26.0. The first-order valence-electron chi connectivity index (χ1n) is 11.9. The van der Waals surface area contributed by atoms with Gasteiger partial charge in [0.15, 0.2) is 12.2 Å². The molecule has 0 unspecified atom stereocenters. The highest BCUT2D eigenvalue weighted by Crippen LogP contribution is 2.32. The van der Waals surface area contributed by atoms with E-state index in [0.29, 0.717) is 23.0 Å². The van der Waals surface area contributed by atoms with Gasteiger partial charge in [-0.1, -0.05) is 49.4 Å². The molecule has 4 aromatic rings. The quantitative estimate of drug-likeness (QED) is 0.197. The lowest BCUT2D eigenvalue weighted by molar-refractivity contribution is 0.262. The Bertz CT molecular complexity index is 1410. The monoisotopic (exact) mass is 495 g/mol. The summed E-state index contributed by atoms with van der Waals surface area (Å²) < 4.78 is 12.8. The molecule has 0 aliphatic heterocycles. The van der Waals surface area contributed by atoms with E-state index in [1.807, 2.05) is 73.7 Å². The molecule has 0 atom stereocenters. The van der Waals surface area contributed by atoms with Crippen molar-refractivity contribution < 1.29 is 14.3 Å². The number of nitrogens with zero attached hydrogens (tertiary/aromatic N) is 3. The second kappa shape index (κ2) is 12.2. The van der Waals surface area contributed by atoms with Crippen LogP contribution in [0, 0.1) is 6.92 Å². The Kier molecular flexibility index (Phi) is 8.33. The van der Waals surface area contributed by atoms with Crippen molar-refractivity contribution in [2.45, 2.75) is 20.3 Å². The molecule has 8 heteroatoms. The molecule has 1 heterocycles. The molecule has 0 saturated heterocycles. The highest BCUT2D eigenvalue weighted by molar-refractivity contribution is 6.00. The number of aliphatic imine (C=N–C) groups is 1. The van der Waals surface area contributed by atoms with E-state index in [9.17, 15) is 4.79 Å². The van der Waals surface area contributed by atoms with Crippen molar-refractivity contribution in [3.8, 4) is 17.3 Å². The first kappa shape index (κ1) is 25.2. The number of methoxy groups -OCH3 is 1. The van der Waals surface area contributed by atoms with Gasteiger partial charge in [0.05, 0.1) is 24.2 Å². The standard InChI is InChI=1S/C29H29N5O3/c1-4-23-9-5-7-11-26(23)34-28(19-21(2)33-34)37-27-12-8-6-10-25(27)32-29(35)31-24-15-13-22(14-16-24)17-18-30-20-36-3/h5-20H,4H2,1-3H3,(H2,31,32,35)/b18-17+,30-20?. The van der Waals surface area contributed by atoms with Crippen molar-refractivity contribution in [1.29, 1.82) is 0 Å². The average molecular weight is 496 g/mol. The summed E-state index contributed by atoms with van der Waals surface area (Å²) in [5, 5.41) is 10.4. The van der Waals surface area contributed by atoms with Crippen molar-refractivity contribution in [1.82, 2.24) is 9.78 Å². The van der Waals surface area contributed by atoms with Gasteiger partial charge in [0.1, 0.15) is 0 Å². The van der Waals surface area contributed by atoms with Gasteiger partial charge in [-0.3, -0.25) is 0 Å². The summed E-state index contributed by atoms with van der Waals surface area (Å²) in [5.41, 5.74) is 5.07. The number of carbonyl (C=O) groups excluding carboxylic acids is 1. The Labute approximate surface area is 216 Å². The summed E-state index contributed by atoms with van der Waals surface area (Å²) >= 11 is 0. The molecular formula is C29H29N5O3. The van der Waals surface area contributed by atoms with Crippen LogP contribution in [0.25, 0.3) is 11.8 Å². The molecule has 0 saturated carbocycles. The first-order valence-corrected chi connectivity index (χ1v) is 11.9. The molecular weight excluding hydrogens is 466 g/mol. The van der Waals surface area contributed by atoms with E-state index in [-0.39, 0.29) is 6.03 Å². The fraction of sp³-hybridized carbons (Fsp3) is 0.138. The van der Waals surface area contributed by atoms with Crippen molar-refractivity contribution in [2.75, 3.05) is 17.7 Å². The van der Waals surface area contributed by atoms with E-state index < -0.39 is 0 Å². The van der Waals surface area contributed by atoms with Crippen LogP contribution in [0.4, 0.5) is 16.2 Å². The number of ether oxygens (including phenoxy) is 2. The molecule has 0 aliphatic carbocycles. The van der Waals surface area contributed by atoms with E-state index in [2.05, 4.69) is 33.7 Å². The number of urea groups is 1. The molecule has 2 amide bonds. The molecule has 0 spiro atoms. The number of aryl methyl sites for hydroxylation is 2. The molecule has 4 rings (SSSR count). The number of aromatic nitrogens is 2. The number of rotatable bonds is 9. The van der Waals surface area contributed by atoms with E-state index in [4.69, 9.17) is 9.47 Å². The topological polar surface area (TPSA) is 89.8 Å². The lowest BCUT2D eigenvalue weighted by Gasteiger charge is -2.15. The minimum atomic E-state index is -0.384. The summed E-state index contributed by atoms with van der Waals surface area (Å²) in [4.78, 5) is 16.7. The Morgan fingerprint density at radius 3 is 2.57 bits per heavy atom. The number of benzene rings is 3. The Morgan fingerprint density at radius 2 is 1.78 bits per heavy atom. The predicted molar refractivity (Wildman–Crippen MR) is 148 cm³/mol. The lowest BCUT2D eigenvalue weighted by Crippen LogP contribution is -2.19. The molecule has 37 heavy (non-hydrogen) atoms. The summed E-state index contributed by atoms with van der Waals surface area (Å²) in [5.74, 6) is 1.07. The van der Waals surface area contributed by atoms with Gasteiger partial charge in [0.25, 0.3) is 0 Å². The molecule has 3 aromatic carbocycles. The number of anilines is 2. The van der Waals surface area contributed by atoms with Crippen LogP contribution in [0.15, 0.2) is 90.1 Å². The zero-order valence-electron chi connectivity index (χ0n) is 21.0. The molecule has 0 radical (unpaired) electrons. The minimum absolute atomic E-state index is 0.384. The minimum Gasteiger partial charge on any atom is -0.486 e. The van der Waals surface area contributed by atoms with Crippen molar-refractivity contribution in [3.05, 3.63) is 102 Å². The van der Waals surface area contributed by atoms with Gasteiger partial charge in [0.2, 0.25) is 5.88 Å². The fourth-order valence-corrected chi connectivity index (χ4v) is 3.70. The van der Waals surface area contributed by atoms with Crippen molar-refractivity contribution in [2.24, 2.45) is 4.99 Å². The number of hydrogen-bond donors (Lipinski definition) is 2. The van der Waals surface area contributed by atoms with Gasteiger partial charge < -0.3 is 20.1 Å². The smallest absolute Gasteiger partial charge is 0.323 e. The lowest BCUT2D eigenvalue weighted by atomic mass is 10.1. The molecule has 0 aliphatic rings. The van der Waals surface area contributed by atoms with E-state index >= 15 is 0 Å². The van der Waals surface area contributed by atoms with Gasteiger partial charge >= 0.3 is 6.03 Å². The summed E-state index contributed by atoms with van der Waals surface area (Å²) in [6, 6.07) is 24.3. The van der Waals surface area contributed by atoms with Crippen LogP contribution in [0.3, 0.4) is 0 Å². The number of carbonyl (C=O) groups is 1. The van der Waals surface area contributed by atoms with Crippen LogP contribution < -0.4 is 15.4 Å². The van der Waals surface area contributed by atoms with Crippen LogP contribution in [0.1, 0.15) is 23.7 Å². The SMILES string of the molecule is CCc1ccccc1-n1nc(C)cc1Oc1ccccc1NC(=O)Nc1ccc(/C=C/N=COC)cc1. The van der Waals surface area contributed by atoms with Crippen molar-refractivity contribution in [3.63, 3.8) is 0 Å². The largest absolute Gasteiger partial charge is 0.486 e. The third-order valence-corrected chi connectivity index (χ3v) is 5.44. The van der Waals surface area contributed by atoms with Gasteiger partial charge in [-0.2, -0.15) is 5.10 Å². The number of amides is 2. The number of hydrogen-bond acceptors (Lipinski definition) is 5. The van der Waals surface area contributed by atoms with E-state index in [1.165, 1.54) is 13.5 Å². The second-order valence-corrected chi connectivity index (χ2v) is 8.12. The van der Waals surface area contributed by atoms with Crippen LogP contribution in [0.5, 0.6) is 11.6 Å². The van der Waals surface area contributed by atoms with Crippen LogP contribution in [-0.2, 0) is 11.2 Å². The molecule has 2 N–H and O–H groups in total. The van der Waals surface area contributed by atoms with Crippen LogP contribution >= 0.6 is 0 Å². The van der Waals surface area contributed by atoms with Gasteiger partial charge in [0, 0.05) is 18.0 Å². The summed E-state index contributed by atoms with van der Waals surface area (Å²) in [6.45, 7) is 4.03. The number of para-hydroxylation sites is 3. The maximum Gasteiger partial charge on any atom is 0.323 e. The number of nitrogens with one attached hydrogen (secondary N) is 2. The molecule has 0 fully saturated rings. The Hall–Kier alpha value is -4.85. The Morgan fingerprint density at radius 1 is 1.03 bits per heavy atom. The molecule has 1 aromatic heterocycles. The maximum absolute atomic E-state index is 12.7. The first-order chi connectivity index (χ1) is 18.1. The van der Waals surface area contributed by atoms with Gasteiger partial charge in [-0.05, 0) is 60.9 Å². The van der Waals surface area contributed by atoms with Crippen LogP contribution in [0.2, 0.25) is 0 Å². The van der Waals surface area contributed by atoms with E-state index in [1.54, 1.807) is 23.0 Å². The third-order valence-electron chi connectivity index (χ3n) is 5.44. The summed E-state index contributed by atoms with van der Waals surface area (Å²) in [6.07, 6.45) is 5.67. The highest BCUT2D eigenvalue weighted by Gasteiger charge is 2.15.